The summed E-state index contributed by atoms with van der Waals surface area (Å²) in [5.74, 6) is -3.04. The third-order valence-electron chi connectivity index (χ3n) is 4.49. The highest BCUT2D eigenvalue weighted by molar-refractivity contribution is 6.04. The van der Waals surface area contributed by atoms with Gasteiger partial charge >= 0.3 is 6.03 Å². The molecule has 0 spiro atoms. The number of benzene rings is 1. The number of carbonyl (C=O) groups excluding carboxylic acids is 3. The SMILES string of the molecule is O=C(NC(=O)N1CCC(C(=O)c2ccc(F)cc2F)CC1)c1cccnc1. The molecule has 2 heterocycles. The van der Waals surface area contributed by atoms with E-state index in [1.54, 1.807) is 6.07 Å². The van der Waals surface area contributed by atoms with Crippen LogP contribution in [0, 0.1) is 17.6 Å². The van der Waals surface area contributed by atoms with Crippen molar-refractivity contribution in [2.75, 3.05) is 13.1 Å². The second kappa shape index (κ2) is 8.03. The minimum atomic E-state index is -0.887. The molecule has 0 saturated carbocycles. The van der Waals surface area contributed by atoms with Gasteiger partial charge in [0.25, 0.3) is 5.91 Å². The van der Waals surface area contributed by atoms with Crippen molar-refractivity contribution in [3.8, 4) is 0 Å². The zero-order valence-corrected chi connectivity index (χ0v) is 14.3. The summed E-state index contributed by atoms with van der Waals surface area (Å²) in [6, 6.07) is 5.44. The summed E-state index contributed by atoms with van der Waals surface area (Å²) in [5, 5.41) is 2.28. The third kappa shape index (κ3) is 4.33. The van der Waals surface area contributed by atoms with Crippen LogP contribution in [0.3, 0.4) is 0 Å². The summed E-state index contributed by atoms with van der Waals surface area (Å²) >= 11 is 0. The van der Waals surface area contributed by atoms with Gasteiger partial charge in [-0.15, -0.1) is 0 Å². The summed E-state index contributed by atoms with van der Waals surface area (Å²) in [4.78, 5) is 41.9. The molecule has 1 N–H and O–H groups in total. The second-order valence-electron chi connectivity index (χ2n) is 6.25. The Morgan fingerprint density at radius 3 is 2.48 bits per heavy atom. The van der Waals surface area contributed by atoms with Crippen LogP contribution >= 0.6 is 0 Å². The summed E-state index contributed by atoms with van der Waals surface area (Å²) in [7, 11) is 0. The molecule has 0 unspecified atom stereocenters. The lowest BCUT2D eigenvalue weighted by Gasteiger charge is -2.31. The maximum atomic E-state index is 13.8. The van der Waals surface area contributed by atoms with Gasteiger partial charge in [-0.2, -0.15) is 0 Å². The predicted octanol–water partition coefficient (Wildman–Crippen LogP) is 2.80. The number of halogens is 2. The highest BCUT2D eigenvalue weighted by atomic mass is 19.1. The van der Waals surface area contributed by atoms with Crippen LogP contribution < -0.4 is 5.32 Å². The summed E-state index contributed by atoms with van der Waals surface area (Å²) < 4.78 is 26.8. The van der Waals surface area contributed by atoms with Crippen LogP contribution in [-0.4, -0.2) is 40.7 Å². The van der Waals surface area contributed by atoms with Gasteiger partial charge in [0.2, 0.25) is 0 Å². The maximum Gasteiger partial charge on any atom is 0.324 e. The second-order valence-corrected chi connectivity index (χ2v) is 6.25. The van der Waals surface area contributed by atoms with E-state index in [2.05, 4.69) is 10.3 Å². The number of hydrogen-bond acceptors (Lipinski definition) is 4. The van der Waals surface area contributed by atoms with Crippen molar-refractivity contribution in [2.45, 2.75) is 12.8 Å². The van der Waals surface area contributed by atoms with E-state index in [1.165, 1.54) is 23.4 Å². The molecule has 8 heteroatoms. The molecular formula is C19H17F2N3O3. The first-order chi connectivity index (χ1) is 13.0. The monoisotopic (exact) mass is 373 g/mol. The molecule has 1 aliphatic rings. The molecule has 6 nitrogen and oxygen atoms in total. The van der Waals surface area contributed by atoms with Gasteiger partial charge in [0.1, 0.15) is 11.6 Å². The lowest BCUT2D eigenvalue weighted by molar-refractivity contribution is 0.0836. The van der Waals surface area contributed by atoms with Crippen LogP contribution in [0.1, 0.15) is 33.6 Å². The van der Waals surface area contributed by atoms with Gasteiger partial charge in [-0.1, -0.05) is 0 Å². The summed E-state index contributed by atoms with van der Waals surface area (Å²) in [6.45, 7) is 0.511. The number of urea groups is 1. The standard InChI is InChI=1S/C19H17F2N3O3/c20-14-3-4-15(16(21)10-14)17(25)12-5-8-24(9-6-12)19(27)23-18(26)13-2-1-7-22-11-13/h1-4,7,10-12H,5-6,8-9H2,(H,23,26,27). The molecular weight excluding hydrogens is 356 g/mol. The fraction of sp³-hybridized carbons (Fsp3) is 0.263. The molecule has 0 bridgehead atoms. The number of aromatic nitrogens is 1. The van der Waals surface area contributed by atoms with E-state index in [1.807, 2.05) is 0 Å². The van der Waals surface area contributed by atoms with Crippen molar-refractivity contribution in [3.05, 3.63) is 65.5 Å². The molecule has 1 aliphatic heterocycles. The first kappa shape index (κ1) is 18.6. The Morgan fingerprint density at radius 2 is 1.85 bits per heavy atom. The lowest BCUT2D eigenvalue weighted by Crippen LogP contribution is -2.47. The number of Topliss-reactive ketones (excluding diaryl/α,β-unsaturated/α-hetero) is 1. The molecule has 27 heavy (non-hydrogen) atoms. The van der Waals surface area contributed by atoms with E-state index in [0.29, 0.717) is 18.9 Å². The van der Waals surface area contributed by atoms with Crippen molar-refractivity contribution >= 4 is 17.7 Å². The van der Waals surface area contributed by atoms with Gasteiger partial charge in [0.15, 0.2) is 5.78 Å². The Balaban J connectivity index is 1.56. The van der Waals surface area contributed by atoms with Crippen molar-refractivity contribution in [3.63, 3.8) is 0 Å². The van der Waals surface area contributed by atoms with Gasteiger partial charge in [0, 0.05) is 37.5 Å². The zero-order valence-electron chi connectivity index (χ0n) is 14.3. The number of nitrogens with one attached hydrogen (secondary N) is 1. The first-order valence-corrected chi connectivity index (χ1v) is 8.45. The molecule has 2 aromatic rings. The molecule has 1 saturated heterocycles. The summed E-state index contributed by atoms with van der Waals surface area (Å²) in [6.07, 6.45) is 3.55. The van der Waals surface area contributed by atoms with Crippen molar-refractivity contribution in [2.24, 2.45) is 5.92 Å². The van der Waals surface area contributed by atoms with E-state index >= 15 is 0 Å². The number of pyridine rings is 1. The van der Waals surface area contributed by atoms with Gasteiger partial charge in [-0.05, 0) is 37.1 Å². The van der Waals surface area contributed by atoms with E-state index in [0.717, 1.165) is 12.1 Å². The van der Waals surface area contributed by atoms with Crippen LogP contribution in [0.2, 0.25) is 0 Å². The average Bonchev–Trinajstić information content (AvgIpc) is 2.68. The van der Waals surface area contributed by atoms with Crippen molar-refractivity contribution in [1.29, 1.82) is 0 Å². The van der Waals surface area contributed by atoms with Gasteiger partial charge in [-0.25, -0.2) is 13.6 Å². The summed E-state index contributed by atoms with van der Waals surface area (Å²) in [5.41, 5.74) is 0.119. The number of amides is 3. The normalized spacial score (nSPS) is 14.7. The van der Waals surface area contributed by atoms with E-state index < -0.39 is 35.3 Å². The quantitative estimate of drug-likeness (QED) is 0.839. The van der Waals surface area contributed by atoms with Crippen LogP contribution in [0.4, 0.5) is 13.6 Å². The number of imide groups is 1. The predicted molar refractivity (Wildman–Crippen MR) is 92.1 cm³/mol. The lowest BCUT2D eigenvalue weighted by atomic mass is 9.89. The molecule has 1 aromatic heterocycles. The number of hydrogen-bond donors (Lipinski definition) is 1. The van der Waals surface area contributed by atoms with Crippen molar-refractivity contribution < 1.29 is 23.2 Å². The Labute approximate surface area is 154 Å². The zero-order chi connectivity index (χ0) is 19.4. The number of carbonyl (C=O) groups is 3. The van der Waals surface area contributed by atoms with Gasteiger partial charge in [-0.3, -0.25) is 19.9 Å². The highest BCUT2D eigenvalue weighted by Crippen LogP contribution is 2.23. The fourth-order valence-electron chi connectivity index (χ4n) is 3.00. The Morgan fingerprint density at radius 1 is 1.11 bits per heavy atom. The van der Waals surface area contributed by atoms with Crippen LogP contribution in [-0.2, 0) is 0 Å². The topological polar surface area (TPSA) is 79.4 Å². The molecule has 3 rings (SSSR count). The number of nitrogens with zero attached hydrogens (tertiary/aromatic N) is 2. The largest absolute Gasteiger partial charge is 0.324 e. The minimum absolute atomic E-state index is 0.147. The first-order valence-electron chi connectivity index (χ1n) is 8.45. The van der Waals surface area contributed by atoms with Crippen molar-refractivity contribution in [1.82, 2.24) is 15.2 Å². The molecule has 1 aromatic carbocycles. The molecule has 3 amide bonds. The highest BCUT2D eigenvalue weighted by Gasteiger charge is 2.30. The third-order valence-corrected chi connectivity index (χ3v) is 4.49. The molecule has 1 fully saturated rings. The number of likely N-dealkylation sites (tertiary alicyclic amines) is 1. The van der Waals surface area contributed by atoms with Crippen LogP contribution in [0.15, 0.2) is 42.7 Å². The number of rotatable bonds is 3. The number of ketones is 1. The minimum Gasteiger partial charge on any atom is -0.324 e. The molecule has 140 valence electrons. The molecule has 0 radical (unpaired) electrons. The smallest absolute Gasteiger partial charge is 0.324 e. The molecule has 0 aliphatic carbocycles. The molecule has 0 atom stereocenters. The van der Waals surface area contributed by atoms with E-state index in [-0.39, 0.29) is 24.2 Å². The van der Waals surface area contributed by atoms with Crippen LogP contribution in [0.5, 0.6) is 0 Å². The average molecular weight is 373 g/mol. The maximum absolute atomic E-state index is 13.8. The Hall–Kier alpha value is -3.16. The van der Waals surface area contributed by atoms with E-state index in [9.17, 15) is 23.2 Å². The van der Waals surface area contributed by atoms with Gasteiger partial charge in [0.05, 0.1) is 11.1 Å². The Bertz CT molecular complexity index is 866. The fourth-order valence-corrected chi connectivity index (χ4v) is 3.00. The Kier molecular flexibility index (Phi) is 5.54. The number of piperidine rings is 1. The van der Waals surface area contributed by atoms with Crippen LogP contribution in [0.25, 0.3) is 0 Å². The van der Waals surface area contributed by atoms with Gasteiger partial charge < -0.3 is 4.90 Å². The van der Waals surface area contributed by atoms with E-state index in [4.69, 9.17) is 0 Å².